The molecule has 1 atom stereocenters. The van der Waals surface area contributed by atoms with Gasteiger partial charge in [0.25, 0.3) is 0 Å². The van der Waals surface area contributed by atoms with Crippen molar-refractivity contribution in [3.8, 4) is 5.75 Å². The van der Waals surface area contributed by atoms with Crippen molar-refractivity contribution in [2.24, 2.45) is 0 Å². The number of nitrogens with zero attached hydrogens (tertiary/aromatic N) is 1. The molecule has 2 N–H and O–H groups in total. The second-order valence-electron chi connectivity index (χ2n) is 6.40. The molecule has 0 saturated carbocycles. The van der Waals surface area contributed by atoms with Gasteiger partial charge in [0, 0.05) is 31.9 Å². The Morgan fingerprint density at radius 2 is 1.84 bits per heavy atom. The normalized spacial score (nSPS) is 16.6. The van der Waals surface area contributed by atoms with Crippen molar-refractivity contribution >= 4 is 18.1 Å². The van der Waals surface area contributed by atoms with Crippen LogP contribution in [-0.4, -0.2) is 31.3 Å². The maximum Gasteiger partial charge on any atom is 0.119 e. The summed E-state index contributed by atoms with van der Waals surface area (Å²) < 4.78 is 11.2. The number of ether oxygens (including phenoxy) is 2. The van der Waals surface area contributed by atoms with Gasteiger partial charge in [0.2, 0.25) is 0 Å². The Balaban J connectivity index is 0.00000225. The Hall–Kier alpha value is -1.75. The molecule has 0 spiro atoms. The van der Waals surface area contributed by atoms with Crippen molar-refractivity contribution in [3.05, 3.63) is 59.7 Å². The van der Waals surface area contributed by atoms with Crippen molar-refractivity contribution in [1.82, 2.24) is 4.90 Å². The van der Waals surface area contributed by atoms with Gasteiger partial charge in [0.1, 0.15) is 5.75 Å². The summed E-state index contributed by atoms with van der Waals surface area (Å²) in [5.74, 6) is 0.897. The van der Waals surface area contributed by atoms with E-state index < -0.39 is 0 Å². The van der Waals surface area contributed by atoms with E-state index in [0.29, 0.717) is 6.10 Å². The summed E-state index contributed by atoms with van der Waals surface area (Å²) in [6, 6.07) is 16.4. The smallest absolute Gasteiger partial charge is 0.119 e. The number of nitrogen functional groups attached to an aromatic ring is 1. The van der Waals surface area contributed by atoms with Gasteiger partial charge in [0.15, 0.2) is 0 Å². The summed E-state index contributed by atoms with van der Waals surface area (Å²) >= 11 is 0. The third kappa shape index (κ3) is 5.92. The second-order valence-corrected chi connectivity index (χ2v) is 6.40. The fourth-order valence-corrected chi connectivity index (χ4v) is 3.24. The number of nitrogens with two attached hydrogens (primary N) is 1. The molecule has 0 radical (unpaired) electrons. The van der Waals surface area contributed by atoms with Crippen LogP contribution in [0.4, 0.5) is 5.69 Å². The Morgan fingerprint density at radius 3 is 2.48 bits per heavy atom. The van der Waals surface area contributed by atoms with Gasteiger partial charge in [-0.05, 0) is 48.2 Å². The molecule has 0 aliphatic carbocycles. The van der Waals surface area contributed by atoms with Gasteiger partial charge in [-0.15, -0.1) is 12.4 Å². The molecule has 0 aromatic heterocycles. The molecular weight excluding hydrogens is 336 g/mol. The maximum absolute atomic E-state index is 5.93. The van der Waals surface area contributed by atoms with Crippen molar-refractivity contribution < 1.29 is 9.47 Å². The van der Waals surface area contributed by atoms with Gasteiger partial charge >= 0.3 is 0 Å². The minimum absolute atomic E-state index is 0. The first-order valence-electron chi connectivity index (χ1n) is 8.54. The van der Waals surface area contributed by atoms with Crippen molar-refractivity contribution in [2.75, 3.05) is 26.0 Å². The molecule has 4 nitrogen and oxygen atoms in total. The fraction of sp³-hybridized carbons (Fsp3) is 0.400. The Morgan fingerprint density at radius 1 is 1.12 bits per heavy atom. The predicted molar refractivity (Wildman–Crippen MR) is 104 cm³/mol. The highest BCUT2D eigenvalue weighted by Crippen LogP contribution is 2.20. The minimum atomic E-state index is 0. The van der Waals surface area contributed by atoms with Crippen LogP contribution in [-0.2, 0) is 17.8 Å². The van der Waals surface area contributed by atoms with Gasteiger partial charge in [-0.3, -0.25) is 4.90 Å². The van der Waals surface area contributed by atoms with E-state index in [9.17, 15) is 0 Å². The van der Waals surface area contributed by atoms with E-state index in [1.807, 2.05) is 30.3 Å². The first kappa shape index (κ1) is 19.6. The highest BCUT2D eigenvalue weighted by atomic mass is 35.5. The molecule has 0 bridgehead atoms. The van der Waals surface area contributed by atoms with E-state index in [1.54, 1.807) is 7.11 Å². The van der Waals surface area contributed by atoms with Crippen LogP contribution in [0.5, 0.6) is 5.75 Å². The van der Waals surface area contributed by atoms with Crippen molar-refractivity contribution in [2.45, 2.75) is 32.0 Å². The second kappa shape index (κ2) is 9.66. The minimum Gasteiger partial charge on any atom is -0.497 e. The van der Waals surface area contributed by atoms with Gasteiger partial charge in [-0.1, -0.05) is 24.3 Å². The highest BCUT2D eigenvalue weighted by Gasteiger charge is 2.19. The number of halogens is 1. The van der Waals surface area contributed by atoms with E-state index in [-0.39, 0.29) is 12.4 Å². The molecule has 1 saturated heterocycles. The molecule has 136 valence electrons. The summed E-state index contributed by atoms with van der Waals surface area (Å²) in [4.78, 5) is 2.43. The summed E-state index contributed by atoms with van der Waals surface area (Å²) in [7, 11) is 1.70. The van der Waals surface area contributed by atoms with Gasteiger partial charge in [-0.2, -0.15) is 0 Å². The van der Waals surface area contributed by atoms with Crippen molar-refractivity contribution in [1.29, 1.82) is 0 Å². The molecule has 2 aromatic rings. The van der Waals surface area contributed by atoms with E-state index in [1.165, 1.54) is 11.1 Å². The zero-order chi connectivity index (χ0) is 16.8. The van der Waals surface area contributed by atoms with E-state index in [2.05, 4.69) is 23.1 Å². The number of methoxy groups -OCH3 is 1. The van der Waals surface area contributed by atoms with Gasteiger partial charge in [-0.25, -0.2) is 0 Å². The van der Waals surface area contributed by atoms with Crippen LogP contribution >= 0.6 is 12.4 Å². The zero-order valence-corrected chi connectivity index (χ0v) is 15.5. The first-order valence-corrected chi connectivity index (χ1v) is 8.54. The third-order valence-electron chi connectivity index (χ3n) is 4.38. The summed E-state index contributed by atoms with van der Waals surface area (Å²) in [5, 5.41) is 0. The Labute approximate surface area is 156 Å². The van der Waals surface area contributed by atoms with E-state index in [0.717, 1.165) is 50.5 Å². The third-order valence-corrected chi connectivity index (χ3v) is 4.38. The van der Waals surface area contributed by atoms with Crippen molar-refractivity contribution in [3.63, 3.8) is 0 Å². The number of anilines is 1. The highest BCUT2D eigenvalue weighted by molar-refractivity contribution is 5.85. The van der Waals surface area contributed by atoms with Crippen LogP contribution in [0.3, 0.4) is 0 Å². The zero-order valence-electron chi connectivity index (χ0n) is 14.7. The number of hydrogen-bond donors (Lipinski definition) is 1. The first-order chi connectivity index (χ1) is 11.7. The summed E-state index contributed by atoms with van der Waals surface area (Å²) in [6.45, 7) is 3.55. The van der Waals surface area contributed by atoms with Crippen LogP contribution < -0.4 is 10.5 Å². The van der Waals surface area contributed by atoms with Crippen LogP contribution in [0.2, 0.25) is 0 Å². The molecule has 25 heavy (non-hydrogen) atoms. The largest absolute Gasteiger partial charge is 0.497 e. The average molecular weight is 363 g/mol. The van der Waals surface area contributed by atoms with E-state index in [4.69, 9.17) is 15.2 Å². The summed E-state index contributed by atoms with van der Waals surface area (Å²) in [5.41, 5.74) is 9.22. The number of rotatable bonds is 7. The SMILES string of the molecule is COc1cccc(CN(Cc2cccc(N)c2)CC2CCCO2)c1.Cl. The Bertz CT molecular complexity index is 660. The molecule has 1 aliphatic heterocycles. The van der Waals surface area contributed by atoms with Crippen LogP contribution in [0.1, 0.15) is 24.0 Å². The molecule has 1 heterocycles. The molecule has 1 unspecified atom stereocenters. The Kier molecular flexibility index (Phi) is 7.56. The topological polar surface area (TPSA) is 47.7 Å². The molecule has 3 rings (SSSR count). The molecular formula is C20H27ClN2O2. The van der Waals surface area contributed by atoms with Crippen LogP contribution in [0.15, 0.2) is 48.5 Å². The average Bonchev–Trinajstić information content (AvgIpc) is 3.08. The maximum atomic E-state index is 5.93. The molecule has 2 aromatic carbocycles. The molecule has 0 amide bonds. The number of benzene rings is 2. The monoisotopic (exact) mass is 362 g/mol. The quantitative estimate of drug-likeness (QED) is 0.759. The standard InChI is InChI=1S/C20H26N2O2.ClH/c1-23-19-8-3-6-17(12-19)14-22(15-20-9-4-10-24-20)13-16-5-2-7-18(21)11-16;/h2-3,5-8,11-12,20H,4,9-10,13-15,21H2,1H3;1H. The predicted octanol–water partition coefficient (Wildman–Crippen LogP) is 3.88. The molecule has 1 fully saturated rings. The fourth-order valence-electron chi connectivity index (χ4n) is 3.24. The van der Waals surface area contributed by atoms with Gasteiger partial charge in [0.05, 0.1) is 13.2 Å². The molecule has 5 heteroatoms. The number of hydrogen-bond acceptors (Lipinski definition) is 4. The van der Waals surface area contributed by atoms with E-state index >= 15 is 0 Å². The lowest BCUT2D eigenvalue weighted by Gasteiger charge is -2.25. The summed E-state index contributed by atoms with van der Waals surface area (Å²) in [6.07, 6.45) is 2.64. The lowest BCUT2D eigenvalue weighted by Crippen LogP contribution is -2.31. The molecule has 1 aliphatic rings. The lowest BCUT2D eigenvalue weighted by atomic mass is 10.1. The lowest BCUT2D eigenvalue weighted by molar-refractivity contribution is 0.0679. The van der Waals surface area contributed by atoms with Crippen LogP contribution in [0, 0.1) is 0 Å². The van der Waals surface area contributed by atoms with Gasteiger partial charge < -0.3 is 15.2 Å². The van der Waals surface area contributed by atoms with Crippen LogP contribution in [0.25, 0.3) is 0 Å².